The molecule has 2 heteroatoms. The molecule has 0 saturated heterocycles. The fraction of sp³-hybridized carbons (Fsp3) is 0. The molecule has 0 radical (unpaired) electrons. The number of hydrogen-bond donors (Lipinski definition) is 0. The number of rotatable bonds is 2. The highest BCUT2D eigenvalue weighted by atomic mass is 16.3. The average Bonchev–Trinajstić information content (AvgIpc) is 3.72. The molecular weight excluding hydrogens is 609 g/mol. The lowest BCUT2D eigenvalue weighted by Gasteiger charge is -2.15. The molecule has 0 aliphatic carbocycles. The van der Waals surface area contributed by atoms with Crippen molar-refractivity contribution in [2.24, 2.45) is 0 Å². The minimum Gasteiger partial charge on any atom is -0.455 e. The van der Waals surface area contributed by atoms with Crippen LogP contribution in [0.2, 0.25) is 0 Å². The third-order valence-corrected chi connectivity index (χ3v) is 11.0. The molecule has 0 spiro atoms. The molecule has 0 N–H and O–H groups in total. The van der Waals surface area contributed by atoms with Crippen molar-refractivity contribution < 1.29 is 8.83 Å². The third-order valence-electron chi connectivity index (χ3n) is 11.0. The van der Waals surface area contributed by atoms with Gasteiger partial charge in [-0.25, -0.2) is 0 Å². The summed E-state index contributed by atoms with van der Waals surface area (Å²) in [6, 6.07) is 57.1. The molecule has 12 aromatic rings. The maximum Gasteiger partial charge on any atom is 0.144 e. The van der Waals surface area contributed by atoms with E-state index >= 15 is 0 Å². The quantitative estimate of drug-likeness (QED) is 0.177. The van der Waals surface area contributed by atoms with E-state index in [0.29, 0.717) is 0 Å². The van der Waals surface area contributed by atoms with Gasteiger partial charge >= 0.3 is 0 Å². The van der Waals surface area contributed by atoms with Crippen LogP contribution < -0.4 is 0 Å². The first kappa shape index (κ1) is 26.3. The normalized spacial score (nSPS) is 12.4. The van der Waals surface area contributed by atoms with Gasteiger partial charge in [-0.15, -0.1) is 0 Å². The second kappa shape index (κ2) is 9.49. The maximum atomic E-state index is 6.98. The van der Waals surface area contributed by atoms with Crippen LogP contribution >= 0.6 is 0 Å². The molecule has 0 atom stereocenters. The molecule has 0 amide bonds. The molecule has 0 bridgehead atoms. The first-order valence-corrected chi connectivity index (χ1v) is 17.2. The Morgan fingerprint density at radius 3 is 1.54 bits per heavy atom. The van der Waals surface area contributed by atoms with E-state index in [-0.39, 0.29) is 0 Å². The van der Waals surface area contributed by atoms with Gasteiger partial charge in [0.25, 0.3) is 0 Å². The Labute approximate surface area is 285 Å². The van der Waals surface area contributed by atoms with Gasteiger partial charge < -0.3 is 8.83 Å². The van der Waals surface area contributed by atoms with Gasteiger partial charge in [0, 0.05) is 32.7 Å². The molecule has 12 rings (SSSR count). The van der Waals surface area contributed by atoms with Gasteiger partial charge in [-0.2, -0.15) is 0 Å². The summed E-state index contributed by atoms with van der Waals surface area (Å²) in [6.45, 7) is 0. The van der Waals surface area contributed by atoms with Gasteiger partial charge in [0.1, 0.15) is 22.3 Å². The molecule has 0 fully saturated rings. The van der Waals surface area contributed by atoms with Crippen molar-refractivity contribution in [2.45, 2.75) is 0 Å². The Kier molecular flexibility index (Phi) is 5.00. The van der Waals surface area contributed by atoms with Crippen LogP contribution in [0.15, 0.2) is 167 Å². The molecule has 2 aromatic heterocycles. The van der Waals surface area contributed by atoms with Crippen LogP contribution in [0.5, 0.6) is 0 Å². The van der Waals surface area contributed by atoms with E-state index in [9.17, 15) is 0 Å². The van der Waals surface area contributed by atoms with Crippen LogP contribution in [-0.4, -0.2) is 0 Å². The van der Waals surface area contributed by atoms with Crippen LogP contribution in [0, 0.1) is 0 Å². The Morgan fingerprint density at radius 2 is 0.780 bits per heavy atom. The number of fused-ring (bicyclic) bond motifs is 8. The zero-order chi connectivity index (χ0) is 32.5. The average molecular weight is 635 g/mol. The van der Waals surface area contributed by atoms with Crippen molar-refractivity contribution in [1.82, 2.24) is 0 Å². The molecular formula is C48H26O2. The lowest BCUT2D eigenvalue weighted by Crippen LogP contribution is -1.89. The van der Waals surface area contributed by atoms with Crippen molar-refractivity contribution >= 4 is 97.7 Å². The highest BCUT2D eigenvalue weighted by Crippen LogP contribution is 2.48. The number of benzene rings is 10. The fourth-order valence-electron chi connectivity index (χ4n) is 8.67. The molecule has 2 nitrogen and oxygen atoms in total. The van der Waals surface area contributed by atoms with E-state index in [4.69, 9.17) is 8.83 Å². The van der Waals surface area contributed by atoms with E-state index in [0.717, 1.165) is 60.4 Å². The van der Waals surface area contributed by atoms with Crippen LogP contribution in [0.3, 0.4) is 0 Å². The molecule has 0 unspecified atom stereocenters. The van der Waals surface area contributed by atoms with Crippen molar-refractivity contribution in [3.05, 3.63) is 158 Å². The molecule has 50 heavy (non-hydrogen) atoms. The SMILES string of the molecule is c1ccc2cc3c(cc2c1)oc1c(-c2ccc(-c4ccc5ccc6cccc7ccc4c5c67)c4c2oc2cc5ccccc5cc24)cccc13. The second-order valence-electron chi connectivity index (χ2n) is 13.6. The van der Waals surface area contributed by atoms with Crippen LogP contribution in [0.1, 0.15) is 0 Å². The first-order chi connectivity index (χ1) is 24.8. The largest absolute Gasteiger partial charge is 0.455 e. The van der Waals surface area contributed by atoms with Gasteiger partial charge in [-0.3, -0.25) is 0 Å². The lowest BCUT2D eigenvalue weighted by molar-refractivity contribution is 0.665. The zero-order valence-corrected chi connectivity index (χ0v) is 26.8. The van der Waals surface area contributed by atoms with Crippen LogP contribution in [0.4, 0.5) is 0 Å². The monoisotopic (exact) mass is 634 g/mol. The van der Waals surface area contributed by atoms with Crippen LogP contribution in [-0.2, 0) is 0 Å². The van der Waals surface area contributed by atoms with Gasteiger partial charge in [0.15, 0.2) is 0 Å². The van der Waals surface area contributed by atoms with Crippen molar-refractivity contribution in [3.8, 4) is 22.3 Å². The number of furan rings is 2. The van der Waals surface area contributed by atoms with E-state index in [1.807, 2.05) is 0 Å². The Hall–Kier alpha value is -6.64. The van der Waals surface area contributed by atoms with Crippen molar-refractivity contribution in [2.75, 3.05) is 0 Å². The van der Waals surface area contributed by atoms with E-state index in [1.165, 1.54) is 59.6 Å². The summed E-state index contributed by atoms with van der Waals surface area (Å²) in [4.78, 5) is 0. The van der Waals surface area contributed by atoms with Crippen molar-refractivity contribution in [1.29, 1.82) is 0 Å². The van der Waals surface area contributed by atoms with E-state index < -0.39 is 0 Å². The fourth-order valence-corrected chi connectivity index (χ4v) is 8.67. The molecule has 0 aliphatic rings. The highest BCUT2D eigenvalue weighted by Gasteiger charge is 2.22. The topological polar surface area (TPSA) is 26.3 Å². The van der Waals surface area contributed by atoms with E-state index in [2.05, 4.69) is 158 Å². The summed E-state index contributed by atoms with van der Waals surface area (Å²) in [5.41, 5.74) is 7.94. The highest BCUT2D eigenvalue weighted by molar-refractivity contribution is 6.28. The van der Waals surface area contributed by atoms with Gasteiger partial charge in [-0.1, -0.05) is 127 Å². The predicted molar refractivity (Wildman–Crippen MR) is 211 cm³/mol. The van der Waals surface area contributed by atoms with Crippen molar-refractivity contribution in [3.63, 3.8) is 0 Å². The van der Waals surface area contributed by atoms with Gasteiger partial charge in [0.05, 0.1) is 0 Å². The lowest BCUT2D eigenvalue weighted by atomic mass is 9.87. The Morgan fingerprint density at radius 1 is 0.260 bits per heavy atom. The summed E-state index contributed by atoms with van der Waals surface area (Å²) in [7, 11) is 0. The van der Waals surface area contributed by atoms with Gasteiger partial charge in [0.2, 0.25) is 0 Å². The summed E-state index contributed by atoms with van der Waals surface area (Å²) in [6.07, 6.45) is 0. The maximum absolute atomic E-state index is 6.98. The number of para-hydroxylation sites is 1. The Balaban J connectivity index is 1.20. The molecule has 10 aromatic carbocycles. The summed E-state index contributed by atoms with van der Waals surface area (Å²) in [5, 5.41) is 16.9. The minimum atomic E-state index is 0.872. The summed E-state index contributed by atoms with van der Waals surface area (Å²) >= 11 is 0. The molecule has 0 aliphatic heterocycles. The smallest absolute Gasteiger partial charge is 0.144 e. The van der Waals surface area contributed by atoms with Crippen LogP contribution in [0.25, 0.3) is 120 Å². The molecule has 230 valence electrons. The zero-order valence-electron chi connectivity index (χ0n) is 26.8. The van der Waals surface area contributed by atoms with E-state index in [1.54, 1.807) is 0 Å². The standard InChI is InChI=1S/C48H26O2/c1-3-9-32-25-42-40(23-30(32)7-1)38-14-6-13-37(47(38)49-42)39-22-21-36(46-41-24-31-8-2-4-10-33(31)26-43(41)50-48(39)46)34-19-17-29-16-15-27-11-5-12-28-18-20-35(34)45(29)44(27)28/h1-26H. The molecule has 2 heterocycles. The number of hydrogen-bond acceptors (Lipinski definition) is 2. The third kappa shape index (κ3) is 3.47. The predicted octanol–water partition coefficient (Wildman–Crippen LogP) is 14.0. The summed E-state index contributed by atoms with van der Waals surface area (Å²) in [5.74, 6) is 0. The summed E-state index contributed by atoms with van der Waals surface area (Å²) < 4.78 is 13.7. The van der Waals surface area contributed by atoms with Gasteiger partial charge in [-0.05, 0) is 95.3 Å². The molecule has 0 saturated carbocycles. The second-order valence-corrected chi connectivity index (χ2v) is 13.6. The Bertz CT molecular complexity index is 3360. The first-order valence-electron chi connectivity index (χ1n) is 17.2. The minimum absolute atomic E-state index is 0.872.